The lowest BCUT2D eigenvalue weighted by Gasteiger charge is -2.12. The van der Waals surface area contributed by atoms with Gasteiger partial charge < -0.3 is 14.5 Å². The van der Waals surface area contributed by atoms with Crippen LogP contribution in [-0.4, -0.2) is 29.7 Å². The highest BCUT2D eigenvalue weighted by atomic mass is 16.5. The van der Waals surface area contributed by atoms with Crippen LogP contribution in [0.5, 0.6) is 0 Å². The normalized spacial score (nSPS) is 12.9. The first-order chi connectivity index (χ1) is 9.29. The number of hydrogen-bond acceptors (Lipinski definition) is 5. The molecule has 5 heteroatoms. The van der Waals surface area contributed by atoms with Gasteiger partial charge in [-0.25, -0.2) is 9.97 Å². The minimum Gasteiger partial charge on any atom is -0.450 e. The maximum Gasteiger partial charge on any atom is 0.196 e. The monoisotopic (exact) mass is 257 g/mol. The topological polar surface area (TPSA) is 60.2 Å². The van der Waals surface area contributed by atoms with E-state index in [1.54, 1.807) is 13.4 Å². The van der Waals surface area contributed by atoms with E-state index in [4.69, 9.17) is 9.15 Å². The summed E-state index contributed by atoms with van der Waals surface area (Å²) in [5.74, 6) is 0.700. The van der Waals surface area contributed by atoms with E-state index in [1.165, 1.54) is 0 Å². The van der Waals surface area contributed by atoms with E-state index in [1.807, 2.05) is 31.2 Å². The molecule has 1 atom stereocenters. The van der Waals surface area contributed by atoms with Crippen molar-refractivity contribution in [3.8, 4) is 0 Å². The first-order valence-corrected chi connectivity index (χ1v) is 6.17. The first kappa shape index (κ1) is 11.9. The average molecular weight is 257 g/mol. The van der Waals surface area contributed by atoms with Gasteiger partial charge in [0.2, 0.25) is 0 Å². The minimum absolute atomic E-state index is 0.149. The molecule has 1 aromatic carbocycles. The Bertz CT molecular complexity index is 708. The number of rotatable bonds is 4. The van der Waals surface area contributed by atoms with Gasteiger partial charge in [-0.05, 0) is 19.1 Å². The van der Waals surface area contributed by atoms with Crippen molar-refractivity contribution in [2.45, 2.75) is 13.0 Å². The van der Waals surface area contributed by atoms with Crippen molar-refractivity contribution in [1.29, 1.82) is 0 Å². The number of nitrogens with one attached hydrogen (secondary N) is 1. The summed E-state index contributed by atoms with van der Waals surface area (Å²) in [4.78, 5) is 8.56. The van der Waals surface area contributed by atoms with E-state index >= 15 is 0 Å². The van der Waals surface area contributed by atoms with Crippen molar-refractivity contribution in [2.24, 2.45) is 0 Å². The highest BCUT2D eigenvalue weighted by molar-refractivity contribution is 6.05. The summed E-state index contributed by atoms with van der Waals surface area (Å²) in [5.41, 5.74) is 2.34. The number of nitrogens with zero attached hydrogens (tertiary/aromatic N) is 2. The van der Waals surface area contributed by atoms with Gasteiger partial charge in [0.15, 0.2) is 11.4 Å². The molecule has 0 aliphatic rings. The maximum atomic E-state index is 5.83. The number of methoxy groups -OCH3 is 1. The predicted octanol–water partition coefficient (Wildman–Crippen LogP) is 2.82. The number of para-hydroxylation sites is 1. The summed E-state index contributed by atoms with van der Waals surface area (Å²) in [6, 6.07) is 7.99. The van der Waals surface area contributed by atoms with Crippen molar-refractivity contribution >= 4 is 27.9 Å². The molecule has 0 saturated heterocycles. The summed E-state index contributed by atoms with van der Waals surface area (Å²) in [7, 11) is 1.68. The molecule has 19 heavy (non-hydrogen) atoms. The number of fused-ring (bicyclic) bond motifs is 3. The second-order valence-corrected chi connectivity index (χ2v) is 4.50. The third-order valence-corrected chi connectivity index (χ3v) is 2.96. The van der Waals surface area contributed by atoms with Crippen LogP contribution >= 0.6 is 0 Å². The lowest BCUT2D eigenvalue weighted by molar-refractivity contribution is 0.190. The zero-order chi connectivity index (χ0) is 13.2. The van der Waals surface area contributed by atoms with Gasteiger partial charge in [-0.1, -0.05) is 12.1 Å². The predicted molar refractivity (Wildman–Crippen MR) is 74.3 cm³/mol. The third-order valence-electron chi connectivity index (χ3n) is 2.96. The SMILES string of the molecule is COC[C@@H](C)Nc1ncnc2c1oc1ccccc12. The highest BCUT2D eigenvalue weighted by Gasteiger charge is 2.13. The maximum absolute atomic E-state index is 5.83. The van der Waals surface area contributed by atoms with Crippen LogP contribution in [0, 0.1) is 0 Å². The summed E-state index contributed by atoms with van der Waals surface area (Å²) in [5, 5.41) is 4.28. The Morgan fingerprint density at radius 3 is 3.00 bits per heavy atom. The lowest BCUT2D eigenvalue weighted by atomic mass is 10.2. The van der Waals surface area contributed by atoms with E-state index < -0.39 is 0 Å². The second kappa shape index (κ2) is 4.85. The van der Waals surface area contributed by atoms with Crippen LogP contribution in [0.3, 0.4) is 0 Å². The van der Waals surface area contributed by atoms with Crippen molar-refractivity contribution in [2.75, 3.05) is 19.0 Å². The second-order valence-electron chi connectivity index (χ2n) is 4.50. The highest BCUT2D eigenvalue weighted by Crippen LogP contribution is 2.30. The molecule has 5 nitrogen and oxygen atoms in total. The van der Waals surface area contributed by atoms with Crippen LogP contribution in [-0.2, 0) is 4.74 Å². The van der Waals surface area contributed by atoms with E-state index in [9.17, 15) is 0 Å². The molecule has 0 amide bonds. The van der Waals surface area contributed by atoms with Crippen molar-refractivity contribution in [3.05, 3.63) is 30.6 Å². The van der Waals surface area contributed by atoms with Gasteiger partial charge >= 0.3 is 0 Å². The molecule has 0 aliphatic heterocycles. The summed E-state index contributed by atoms with van der Waals surface area (Å²) < 4.78 is 10.9. The molecule has 3 rings (SSSR count). The Morgan fingerprint density at radius 1 is 1.32 bits per heavy atom. The summed E-state index contributed by atoms with van der Waals surface area (Å²) >= 11 is 0. The van der Waals surface area contributed by atoms with Crippen LogP contribution in [0.2, 0.25) is 0 Å². The molecule has 0 fully saturated rings. The molecule has 1 N–H and O–H groups in total. The molecule has 2 heterocycles. The van der Waals surface area contributed by atoms with Crippen LogP contribution in [0.15, 0.2) is 35.0 Å². The van der Waals surface area contributed by atoms with Gasteiger partial charge in [0, 0.05) is 18.5 Å². The standard InChI is InChI=1S/C14H15N3O2/c1-9(7-18-2)17-14-13-12(15-8-16-14)10-5-3-4-6-11(10)19-13/h3-6,8-9H,7H2,1-2H3,(H,15,16,17)/t9-/m1/s1. The minimum atomic E-state index is 0.149. The molecule has 98 valence electrons. The quantitative estimate of drug-likeness (QED) is 0.778. The molecule has 0 aliphatic carbocycles. The first-order valence-electron chi connectivity index (χ1n) is 6.17. The lowest BCUT2D eigenvalue weighted by Crippen LogP contribution is -2.21. The molecular formula is C14H15N3O2. The van der Waals surface area contributed by atoms with Gasteiger partial charge in [0.1, 0.15) is 17.4 Å². The van der Waals surface area contributed by atoms with Crippen molar-refractivity contribution in [3.63, 3.8) is 0 Å². The Hall–Kier alpha value is -2.14. The van der Waals surface area contributed by atoms with Crippen LogP contribution in [0.25, 0.3) is 22.1 Å². The number of hydrogen-bond donors (Lipinski definition) is 1. The van der Waals surface area contributed by atoms with E-state index in [0.717, 1.165) is 16.5 Å². The van der Waals surface area contributed by atoms with E-state index in [-0.39, 0.29) is 6.04 Å². The number of furan rings is 1. The molecule has 0 unspecified atom stereocenters. The van der Waals surface area contributed by atoms with Gasteiger partial charge in [0.05, 0.1) is 6.61 Å². The number of anilines is 1. The van der Waals surface area contributed by atoms with Gasteiger partial charge in [-0.2, -0.15) is 0 Å². The zero-order valence-electron chi connectivity index (χ0n) is 10.9. The summed E-state index contributed by atoms with van der Waals surface area (Å²) in [6.07, 6.45) is 1.55. The van der Waals surface area contributed by atoms with Crippen molar-refractivity contribution in [1.82, 2.24) is 9.97 Å². The summed E-state index contributed by atoms with van der Waals surface area (Å²) in [6.45, 7) is 2.63. The molecule has 0 bridgehead atoms. The fourth-order valence-corrected chi connectivity index (χ4v) is 2.15. The Kier molecular flexibility index (Phi) is 3.05. The third kappa shape index (κ3) is 2.13. The fraction of sp³-hybridized carbons (Fsp3) is 0.286. The van der Waals surface area contributed by atoms with Crippen molar-refractivity contribution < 1.29 is 9.15 Å². The van der Waals surface area contributed by atoms with Crippen LogP contribution in [0.1, 0.15) is 6.92 Å². The fourth-order valence-electron chi connectivity index (χ4n) is 2.15. The largest absolute Gasteiger partial charge is 0.450 e. The van der Waals surface area contributed by atoms with Gasteiger partial charge in [0.25, 0.3) is 0 Å². The number of benzene rings is 1. The molecule has 0 radical (unpaired) electrons. The van der Waals surface area contributed by atoms with E-state index in [2.05, 4.69) is 15.3 Å². The zero-order valence-corrected chi connectivity index (χ0v) is 10.9. The molecule has 0 saturated carbocycles. The Balaban J connectivity index is 2.10. The smallest absolute Gasteiger partial charge is 0.196 e. The Labute approximate surface area is 110 Å². The average Bonchev–Trinajstić information content (AvgIpc) is 2.79. The molecule has 2 aromatic heterocycles. The van der Waals surface area contributed by atoms with E-state index in [0.29, 0.717) is 18.0 Å². The number of aromatic nitrogens is 2. The van der Waals surface area contributed by atoms with Crippen LogP contribution in [0.4, 0.5) is 5.82 Å². The van der Waals surface area contributed by atoms with Crippen LogP contribution < -0.4 is 5.32 Å². The molecule has 0 spiro atoms. The van der Waals surface area contributed by atoms with Gasteiger partial charge in [-0.3, -0.25) is 0 Å². The molecular weight excluding hydrogens is 242 g/mol. The van der Waals surface area contributed by atoms with Gasteiger partial charge in [-0.15, -0.1) is 0 Å². The number of ether oxygens (including phenoxy) is 1. The molecule has 3 aromatic rings. The Morgan fingerprint density at radius 2 is 2.16 bits per heavy atom.